The molecule has 0 radical (unpaired) electrons. The molecule has 4 heteroatoms. The molecule has 0 saturated heterocycles. The number of carbonyl (C=O) groups is 1. The third-order valence-electron chi connectivity index (χ3n) is 5.10. The van der Waals surface area contributed by atoms with Crippen LogP contribution in [0.3, 0.4) is 0 Å². The molecule has 0 saturated carbocycles. The van der Waals surface area contributed by atoms with Crippen LogP contribution in [0, 0.1) is 0 Å². The van der Waals surface area contributed by atoms with Crippen LogP contribution >= 0.6 is 0 Å². The Morgan fingerprint density at radius 2 is 1.76 bits per heavy atom. The lowest BCUT2D eigenvalue weighted by atomic mass is 10.1. The lowest BCUT2D eigenvalue weighted by molar-refractivity contribution is 0.0998. The topological polar surface area (TPSA) is 57.2 Å². The summed E-state index contributed by atoms with van der Waals surface area (Å²) in [6, 6.07) is 21.8. The number of hydrogen-bond acceptors (Lipinski definition) is 2. The highest BCUT2D eigenvalue weighted by Crippen LogP contribution is 2.29. The minimum absolute atomic E-state index is 0.221. The van der Waals surface area contributed by atoms with Gasteiger partial charge in [0.1, 0.15) is 0 Å². The zero-order valence-electron chi connectivity index (χ0n) is 16.8. The lowest BCUT2D eigenvalue weighted by Gasteiger charge is -2.05. The Morgan fingerprint density at radius 3 is 2.59 bits per heavy atom. The van der Waals surface area contributed by atoms with E-state index in [9.17, 15) is 4.79 Å². The number of rotatable bonds is 5. The molecule has 0 bridgehead atoms. The number of aryl methyl sites for hydroxylation is 1. The van der Waals surface area contributed by atoms with Crippen molar-refractivity contribution >= 4 is 33.4 Å². The average molecular weight is 383 g/mol. The summed E-state index contributed by atoms with van der Waals surface area (Å²) in [5.41, 5.74) is 4.89. The van der Waals surface area contributed by atoms with Gasteiger partial charge in [0.2, 0.25) is 0 Å². The molecule has 0 spiro atoms. The van der Waals surface area contributed by atoms with Crippen molar-refractivity contribution in [2.24, 2.45) is 4.99 Å². The molecular weight excluding hydrogens is 358 g/mol. The van der Waals surface area contributed by atoms with Crippen LogP contribution in [-0.4, -0.2) is 17.4 Å². The molecule has 0 unspecified atom stereocenters. The first-order valence-electron chi connectivity index (χ1n) is 10.2. The van der Waals surface area contributed by atoms with Crippen molar-refractivity contribution in [3.63, 3.8) is 0 Å². The quantitative estimate of drug-likeness (QED) is 0.482. The third kappa shape index (κ3) is 3.92. The largest absolute Gasteiger partial charge is 0.383 e. The fraction of sp³-hybridized carbons (Fsp3) is 0.200. The number of anilines is 1. The minimum atomic E-state index is -0.221. The monoisotopic (exact) mass is 383 g/mol. The molecule has 29 heavy (non-hydrogen) atoms. The number of fused-ring (bicyclic) bond motifs is 3. The molecule has 1 amide bonds. The molecule has 0 fully saturated rings. The standard InChI is InChI=1S/C25H25N3O/c1-3-14-26-22-13-7-12-21-20-11-6-10-19(16-23(20)28-24(21)22)27-25(29)18-9-5-8-17(4-2)15-18/h5-13,15-16,26,28H,3-4,14H2,1-2H3. The van der Waals surface area contributed by atoms with E-state index < -0.39 is 0 Å². The Bertz CT molecular complexity index is 1250. The number of nitrogens with zero attached hydrogens (tertiary/aromatic N) is 1. The van der Waals surface area contributed by atoms with Gasteiger partial charge in [0, 0.05) is 28.4 Å². The summed E-state index contributed by atoms with van der Waals surface area (Å²) in [4.78, 5) is 20.6. The van der Waals surface area contributed by atoms with Gasteiger partial charge in [-0.05, 0) is 48.7 Å². The van der Waals surface area contributed by atoms with E-state index in [0.717, 1.165) is 52.4 Å². The second-order valence-corrected chi connectivity index (χ2v) is 7.17. The fourth-order valence-corrected chi connectivity index (χ4v) is 3.57. The van der Waals surface area contributed by atoms with Gasteiger partial charge < -0.3 is 10.3 Å². The Labute approximate surface area is 170 Å². The number of nitrogens with one attached hydrogen (secondary N) is 2. The molecule has 2 N–H and O–H groups in total. The lowest BCUT2D eigenvalue weighted by Crippen LogP contribution is -2.05. The number of para-hydroxylation sites is 1. The zero-order valence-corrected chi connectivity index (χ0v) is 16.8. The van der Waals surface area contributed by atoms with Gasteiger partial charge in [0.15, 0.2) is 0 Å². The molecule has 146 valence electrons. The Hall–Kier alpha value is -3.40. The predicted octanol–water partition coefficient (Wildman–Crippen LogP) is 5.45. The first kappa shape index (κ1) is 18.9. The van der Waals surface area contributed by atoms with Crippen molar-refractivity contribution in [3.05, 3.63) is 83.2 Å². The SMILES string of the molecule is CCCNc1cccc2c1[nH]c1cc(=NC(=O)c3cccc(CC)c3)cccc12. The van der Waals surface area contributed by atoms with Crippen molar-refractivity contribution in [2.75, 3.05) is 11.9 Å². The number of hydrogen-bond donors (Lipinski definition) is 2. The van der Waals surface area contributed by atoms with E-state index in [4.69, 9.17) is 0 Å². The maximum atomic E-state index is 12.7. The molecule has 0 aliphatic heterocycles. The van der Waals surface area contributed by atoms with Crippen LogP contribution in [0.15, 0.2) is 71.7 Å². The van der Waals surface area contributed by atoms with Crippen molar-refractivity contribution in [1.29, 1.82) is 0 Å². The van der Waals surface area contributed by atoms with Crippen LogP contribution < -0.4 is 10.7 Å². The fourth-order valence-electron chi connectivity index (χ4n) is 3.57. The first-order chi connectivity index (χ1) is 14.2. The first-order valence-corrected chi connectivity index (χ1v) is 10.2. The van der Waals surface area contributed by atoms with Crippen LogP contribution in [0.25, 0.3) is 21.8 Å². The second kappa shape index (κ2) is 8.31. The molecule has 4 nitrogen and oxygen atoms in total. The summed E-state index contributed by atoms with van der Waals surface area (Å²) in [7, 11) is 0. The van der Waals surface area contributed by atoms with Crippen LogP contribution in [0.4, 0.5) is 5.69 Å². The van der Waals surface area contributed by atoms with Gasteiger partial charge >= 0.3 is 0 Å². The summed E-state index contributed by atoms with van der Waals surface area (Å²) in [6.07, 6.45) is 1.96. The summed E-state index contributed by atoms with van der Waals surface area (Å²) < 4.78 is 0. The van der Waals surface area contributed by atoms with Crippen molar-refractivity contribution in [3.8, 4) is 0 Å². The average Bonchev–Trinajstić information content (AvgIpc) is 2.97. The maximum absolute atomic E-state index is 12.7. The van der Waals surface area contributed by atoms with Gasteiger partial charge in [-0.3, -0.25) is 4.79 Å². The molecule has 0 aliphatic carbocycles. The highest BCUT2D eigenvalue weighted by Gasteiger charge is 2.08. The molecule has 1 heterocycles. The Kier molecular flexibility index (Phi) is 5.43. The second-order valence-electron chi connectivity index (χ2n) is 7.17. The summed E-state index contributed by atoms with van der Waals surface area (Å²) in [6.45, 7) is 5.15. The predicted molar refractivity (Wildman–Crippen MR) is 120 cm³/mol. The van der Waals surface area contributed by atoms with Crippen LogP contribution in [0.5, 0.6) is 0 Å². The van der Waals surface area contributed by atoms with Gasteiger partial charge in [-0.1, -0.05) is 50.2 Å². The normalized spacial score (nSPS) is 11.9. The maximum Gasteiger partial charge on any atom is 0.277 e. The molecule has 4 aromatic rings. The van der Waals surface area contributed by atoms with E-state index >= 15 is 0 Å². The number of aromatic amines is 1. The number of benzene rings is 2. The van der Waals surface area contributed by atoms with Gasteiger partial charge in [-0.15, -0.1) is 0 Å². The van der Waals surface area contributed by atoms with E-state index in [1.54, 1.807) is 0 Å². The van der Waals surface area contributed by atoms with Gasteiger partial charge in [-0.2, -0.15) is 0 Å². The smallest absolute Gasteiger partial charge is 0.277 e. The molecule has 1 aromatic heterocycles. The zero-order chi connectivity index (χ0) is 20.2. The summed E-state index contributed by atoms with van der Waals surface area (Å²) in [5.74, 6) is -0.221. The summed E-state index contributed by atoms with van der Waals surface area (Å²) >= 11 is 0. The molecular formula is C25H25N3O. The highest BCUT2D eigenvalue weighted by atomic mass is 16.1. The van der Waals surface area contributed by atoms with E-state index in [0.29, 0.717) is 10.9 Å². The Morgan fingerprint density at radius 1 is 0.966 bits per heavy atom. The van der Waals surface area contributed by atoms with Crippen molar-refractivity contribution in [1.82, 2.24) is 4.98 Å². The molecule has 0 aliphatic rings. The van der Waals surface area contributed by atoms with E-state index in [1.165, 1.54) is 0 Å². The number of amides is 1. The van der Waals surface area contributed by atoms with E-state index in [2.05, 4.69) is 53.4 Å². The number of carbonyl (C=O) groups excluding carboxylic acids is 1. The van der Waals surface area contributed by atoms with Crippen LogP contribution in [0.2, 0.25) is 0 Å². The van der Waals surface area contributed by atoms with Crippen LogP contribution in [0.1, 0.15) is 36.2 Å². The Balaban J connectivity index is 1.81. The number of aromatic nitrogens is 1. The molecule has 3 aromatic carbocycles. The number of H-pyrrole nitrogens is 1. The third-order valence-corrected chi connectivity index (χ3v) is 5.10. The minimum Gasteiger partial charge on any atom is -0.383 e. The highest BCUT2D eigenvalue weighted by molar-refractivity contribution is 6.10. The molecule has 0 atom stereocenters. The van der Waals surface area contributed by atoms with Gasteiger partial charge in [-0.25, -0.2) is 4.99 Å². The summed E-state index contributed by atoms with van der Waals surface area (Å²) in [5, 5.41) is 6.39. The van der Waals surface area contributed by atoms with E-state index in [-0.39, 0.29) is 5.91 Å². The van der Waals surface area contributed by atoms with E-state index in [1.807, 2.05) is 42.5 Å². The van der Waals surface area contributed by atoms with Gasteiger partial charge in [0.05, 0.1) is 16.6 Å². The van der Waals surface area contributed by atoms with Crippen LogP contribution in [-0.2, 0) is 6.42 Å². The van der Waals surface area contributed by atoms with Gasteiger partial charge in [0.25, 0.3) is 5.91 Å². The molecule has 4 rings (SSSR count). The van der Waals surface area contributed by atoms with Crippen molar-refractivity contribution in [2.45, 2.75) is 26.7 Å². The van der Waals surface area contributed by atoms with Crippen molar-refractivity contribution < 1.29 is 4.79 Å².